The van der Waals surface area contributed by atoms with Crippen molar-refractivity contribution in [2.45, 2.75) is 0 Å². The summed E-state index contributed by atoms with van der Waals surface area (Å²) in [6, 6.07) is 11.3. The highest BCUT2D eigenvalue weighted by Gasteiger charge is 2.08. The van der Waals surface area contributed by atoms with Crippen LogP contribution in [0.2, 0.25) is 5.02 Å². The molecule has 0 unspecified atom stereocenters. The van der Waals surface area contributed by atoms with Crippen molar-refractivity contribution in [3.63, 3.8) is 0 Å². The predicted molar refractivity (Wildman–Crippen MR) is 87.0 cm³/mol. The van der Waals surface area contributed by atoms with Crippen LogP contribution in [0.25, 0.3) is 10.8 Å². The van der Waals surface area contributed by atoms with Gasteiger partial charge in [0.2, 0.25) is 5.88 Å². The second kappa shape index (κ2) is 5.63. The van der Waals surface area contributed by atoms with Crippen LogP contribution in [0, 0.1) is 0 Å². The lowest BCUT2D eigenvalue weighted by Crippen LogP contribution is -2.11. The Morgan fingerprint density at radius 3 is 2.48 bits per heavy atom. The highest BCUT2D eigenvalue weighted by Crippen LogP contribution is 2.33. The monoisotopic (exact) mass is 315 g/mol. The van der Waals surface area contributed by atoms with Crippen LogP contribution in [-0.2, 0) is 0 Å². The molecule has 0 saturated carbocycles. The van der Waals surface area contributed by atoms with Gasteiger partial charge in [0, 0.05) is 15.8 Å². The van der Waals surface area contributed by atoms with Crippen molar-refractivity contribution in [2.75, 3.05) is 0 Å². The van der Waals surface area contributed by atoms with Crippen LogP contribution in [0.1, 0.15) is 5.69 Å². The van der Waals surface area contributed by atoms with Crippen LogP contribution in [0.5, 0.6) is 11.6 Å². The van der Waals surface area contributed by atoms with Crippen LogP contribution in [0.4, 0.5) is 0 Å². The molecule has 21 heavy (non-hydrogen) atoms. The van der Waals surface area contributed by atoms with Gasteiger partial charge in [-0.3, -0.25) is 0 Å². The summed E-state index contributed by atoms with van der Waals surface area (Å²) in [7, 11) is 0. The Kier molecular flexibility index (Phi) is 3.68. The topological polar surface area (TPSA) is 61.0 Å². The molecule has 0 spiro atoms. The van der Waals surface area contributed by atoms with Gasteiger partial charge in [-0.2, -0.15) is 0 Å². The van der Waals surface area contributed by atoms with Crippen LogP contribution in [0.15, 0.2) is 48.8 Å². The predicted octanol–water partition coefficient (Wildman–Crippen LogP) is 3.71. The molecule has 1 heterocycles. The van der Waals surface area contributed by atoms with Crippen LogP contribution in [0.3, 0.4) is 0 Å². The number of hydrogen-bond acceptors (Lipinski definition) is 4. The molecule has 6 heteroatoms. The van der Waals surface area contributed by atoms with Gasteiger partial charge in [0.05, 0.1) is 12.4 Å². The first kappa shape index (κ1) is 13.7. The fourth-order valence-corrected chi connectivity index (χ4v) is 2.27. The van der Waals surface area contributed by atoms with Crippen molar-refractivity contribution in [3.05, 3.63) is 59.5 Å². The molecular weight excluding hydrogens is 306 g/mol. The number of thiocarbonyl (C=S) groups is 1. The second-order valence-electron chi connectivity index (χ2n) is 4.30. The average molecular weight is 316 g/mol. The highest BCUT2D eigenvalue weighted by atomic mass is 35.5. The van der Waals surface area contributed by atoms with Crippen molar-refractivity contribution in [1.29, 1.82) is 0 Å². The van der Waals surface area contributed by atoms with Gasteiger partial charge in [-0.1, -0.05) is 48.1 Å². The SMILES string of the molecule is NC(=S)c1cnc(Oc2ccc(Cl)c3ccccc23)cn1. The average Bonchev–Trinajstić information content (AvgIpc) is 2.51. The maximum absolute atomic E-state index is 6.18. The summed E-state index contributed by atoms with van der Waals surface area (Å²) in [5, 5.41) is 2.50. The van der Waals surface area contributed by atoms with Gasteiger partial charge in [-0.15, -0.1) is 0 Å². The lowest BCUT2D eigenvalue weighted by molar-refractivity contribution is 0.465. The summed E-state index contributed by atoms with van der Waals surface area (Å²) in [5.41, 5.74) is 5.94. The van der Waals surface area contributed by atoms with Crippen molar-refractivity contribution in [3.8, 4) is 11.6 Å². The molecule has 0 radical (unpaired) electrons. The van der Waals surface area contributed by atoms with E-state index in [2.05, 4.69) is 9.97 Å². The molecule has 2 N–H and O–H groups in total. The molecule has 104 valence electrons. The third-order valence-corrected chi connectivity index (χ3v) is 3.46. The van der Waals surface area contributed by atoms with E-state index in [0.717, 1.165) is 10.8 Å². The van der Waals surface area contributed by atoms with Gasteiger partial charge >= 0.3 is 0 Å². The Balaban J connectivity index is 1.98. The summed E-state index contributed by atoms with van der Waals surface area (Å²) < 4.78 is 5.77. The van der Waals surface area contributed by atoms with E-state index >= 15 is 0 Å². The van der Waals surface area contributed by atoms with Crippen molar-refractivity contribution >= 4 is 39.6 Å². The maximum Gasteiger partial charge on any atom is 0.237 e. The molecule has 0 bridgehead atoms. The first-order valence-corrected chi connectivity index (χ1v) is 6.91. The molecule has 0 saturated heterocycles. The summed E-state index contributed by atoms with van der Waals surface area (Å²) in [5.74, 6) is 1.02. The number of rotatable bonds is 3. The fraction of sp³-hybridized carbons (Fsp3) is 0. The first-order chi connectivity index (χ1) is 10.1. The largest absolute Gasteiger partial charge is 0.437 e. The molecule has 3 rings (SSSR count). The normalized spacial score (nSPS) is 10.5. The van der Waals surface area contributed by atoms with Gasteiger partial charge in [0.1, 0.15) is 16.4 Å². The number of nitrogens with two attached hydrogens (primary N) is 1. The van der Waals surface area contributed by atoms with Crippen LogP contribution >= 0.6 is 23.8 Å². The quantitative estimate of drug-likeness (QED) is 0.747. The lowest BCUT2D eigenvalue weighted by atomic mass is 10.1. The third kappa shape index (κ3) is 2.79. The maximum atomic E-state index is 6.18. The van der Waals surface area contributed by atoms with E-state index in [1.165, 1.54) is 12.4 Å². The van der Waals surface area contributed by atoms with Gasteiger partial charge in [0.25, 0.3) is 0 Å². The number of ether oxygens (including phenoxy) is 1. The van der Waals surface area contributed by atoms with E-state index in [-0.39, 0.29) is 4.99 Å². The van der Waals surface area contributed by atoms with Gasteiger partial charge < -0.3 is 10.5 Å². The summed E-state index contributed by atoms with van der Waals surface area (Å²) in [6.07, 6.45) is 2.97. The number of fused-ring (bicyclic) bond motifs is 1. The number of hydrogen-bond donors (Lipinski definition) is 1. The molecule has 0 fully saturated rings. The van der Waals surface area contributed by atoms with E-state index in [9.17, 15) is 0 Å². The molecule has 0 aliphatic carbocycles. The van der Waals surface area contributed by atoms with E-state index in [1.807, 2.05) is 24.3 Å². The Hall–Kier alpha value is -2.24. The number of halogens is 1. The number of nitrogens with zero attached hydrogens (tertiary/aromatic N) is 2. The first-order valence-electron chi connectivity index (χ1n) is 6.12. The van der Waals surface area contributed by atoms with Crippen molar-refractivity contribution in [2.24, 2.45) is 5.73 Å². The molecule has 1 aromatic heterocycles. The van der Waals surface area contributed by atoms with E-state index < -0.39 is 0 Å². The summed E-state index contributed by atoms with van der Waals surface area (Å²) in [6.45, 7) is 0. The Morgan fingerprint density at radius 1 is 1.05 bits per heavy atom. The lowest BCUT2D eigenvalue weighted by Gasteiger charge is -2.09. The Morgan fingerprint density at radius 2 is 1.81 bits per heavy atom. The molecule has 0 atom stereocenters. The van der Waals surface area contributed by atoms with E-state index in [4.69, 9.17) is 34.3 Å². The molecule has 2 aromatic carbocycles. The van der Waals surface area contributed by atoms with E-state index in [0.29, 0.717) is 22.3 Å². The number of benzene rings is 2. The van der Waals surface area contributed by atoms with Gasteiger partial charge in [0.15, 0.2) is 0 Å². The molecular formula is C15H10ClN3OS. The van der Waals surface area contributed by atoms with E-state index in [1.54, 1.807) is 12.1 Å². The minimum atomic E-state index is 0.200. The smallest absolute Gasteiger partial charge is 0.237 e. The minimum Gasteiger partial charge on any atom is -0.437 e. The number of aromatic nitrogens is 2. The minimum absolute atomic E-state index is 0.200. The molecule has 0 aliphatic rings. The van der Waals surface area contributed by atoms with Crippen molar-refractivity contribution in [1.82, 2.24) is 9.97 Å². The zero-order valence-electron chi connectivity index (χ0n) is 10.8. The molecule has 0 aliphatic heterocycles. The third-order valence-electron chi connectivity index (χ3n) is 2.93. The second-order valence-corrected chi connectivity index (χ2v) is 5.14. The van der Waals surface area contributed by atoms with Crippen LogP contribution in [-0.4, -0.2) is 15.0 Å². The summed E-state index contributed by atoms with van der Waals surface area (Å²) >= 11 is 11.0. The zero-order chi connectivity index (χ0) is 14.8. The van der Waals surface area contributed by atoms with Crippen molar-refractivity contribution < 1.29 is 4.74 Å². The highest BCUT2D eigenvalue weighted by molar-refractivity contribution is 7.80. The molecule has 0 amide bonds. The van der Waals surface area contributed by atoms with Gasteiger partial charge in [-0.25, -0.2) is 9.97 Å². The fourth-order valence-electron chi connectivity index (χ4n) is 1.93. The van der Waals surface area contributed by atoms with Gasteiger partial charge in [-0.05, 0) is 12.1 Å². The van der Waals surface area contributed by atoms with Crippen LogP contribution < -0.4 is 10.5 Å². The standard InChI is InChI=1S/C15H10ClN3OS/c16-11-5-6-13(10-4-2-1-3-9(10)11)20-14-8-18-12(7-19-14)15(17)21/h1-8H,(H2,17,21). The molecule has 4 nitrogen and oxygen atoms in total. The Labute approximate surface area is 131 Å². The summed E-state index contributed by atoms with van der Waals surface area (Å²) in [4.78, 5) is 8.43. The Bertz CT molecular complexity index is 821. The zero-order valence-corrected chi connectivity index (χ0v) is 12.4. The molecule has 3 aromatic rings.